The molecule has 1 heterocycles. The maximum atomic E-state index is 9.44. The summed E-state index contributed by atoms with van der Waals surface area (Å²) in [5.74, 6) is 0.388. The third kappa shape index (κ3) is 1.50. The number of hydrogen-bond acceptors (Lipinski definition) is 2. The van der Waals surface area contributed by atoms with Crippen molar-refractivity contribution in [2.24, 2.45) is 5.92 Å². The number of aliphatic hydroxyl groups excluding tert-OH is 1. The van der Waals surface area contributed by atoms with Gasteiger partial charge in [0.25, 0.3) is 0 Å². The van der Waals surface area contributed by atoms with Crippen LogP contribution in [0, 0.1) is 5.92 Å². The molecule has 0 aromatic carbocycles. The molecule has 0 aromatic rings. The van der Waals surface area contributed by atoms with Gasteiger partial charge in [-0.15, -0.1) is 0 Å². The fraction of sp³-hybridized carbons (Fsp3) is 1.00. The molecule has 2 nitrogen and oxygen atoms in total. The lowest BCUT2D eigenvalue weighted by Crippen LogP contribution is -2.41. The van der Waals surface area contributed by atoms with Crippen molar-refractivity contribution in [1.29, 1.82) is 0 Å². The van der Waals surface area contributed by atoms with Gasteiger partial charge in [0.2, 0.25) is 0 Å². The average Bonchev–Trinajstić information content (AvgIpc) is 1.82. The summed E-state index contributed by atoms with van der Waals surface area (Å²) in [7, 11) is 0. The maximum Gasteiger partial charge on any atom is 0.0825 e. The fourth-order valence-corrected chi connectivity index (χ4v) is 1.63. The number of aliphatic hydroxyl groups is 1. The minimum Gasteiger partial charge on any atom is -0.390 e. The van der Waals surface area contributed by atoms with Crippen LogP contribution in [-0.2, 0) is 4.74 Å². The summed E-state index contributed by atoms with van der Waals surface area (Å²) >= 11 is 0. The average molecular weight is 144 g/mol. The second kappa shape index (κ2) is 2.89. The standard InChI is InChI=1S/C8H16O2/c1-5-4-6(2)10-7(3)8(5)9/h5-9H,4H2,1-3H3/t5?,6?,7-,8+/m1/s1. The number of rotatable bonds is 0. The molecule has 0 aliphatic carbocycles. The van der Waals surface area contributed by atoms with Crippen LogP contribution in [-0.4, -0.2) is 23.4 Å². The van der Waals surface area contributed by atoms with Gasteiger partial charge in [-0.05, 0) is 26.2 Å². The molecule has 1 saturated heterocycles. The zero-order chi connectivity index (χ0) is 7.72. The normalized spacial score (nSPS) is 49.2. The summed E-state index contributed by atoms with van der Waals surface area (Å²) in [5, 5.41) is 9.44. The first kappa shape index (κ1) is 8.02. The predicted molar refractivity (Wildman–Crippen MR) is 39.8 cm³/mol. The first-order chi connectivity index (χ1) is 4.61. The second-order valence-corrected chi connectivity index (χ2v) is 3.36. The van der Waals surface area contributed by atoms with Gasteiger partial charge < -0.3 is 9.84 Å². The molecule has 0 amide bonds. The largest absolute Gasteiger partial charge is 0.390 e. The Morgan fingerprint density at radius 2 is 1.90 bits per heavy atom. The van der Waals surface area contributed by atoms with Crippen LogP contribution in [0.1, 0.15) is 27.2 Å². The lowest BCUT2D eigenvalue weighted by atomic mass is 9.92. The Bertz CT molecular complexity index is 102. The summed E-state index contributed by atoms with van der Waals surface area (Å²) in [6.45, 7) is 6.05. The van der Waals surface area contributed by atoms with E-state index in [1.54, 1.807) is 0 Å². The van der Waals surface area contributed by atoms with Gasteiger partial charge in [0, 0.05) is 0 Å². The molecule has 0 bridgehead atoms. The highest BCUT2D eigenvalue weighted by atomic mass is 16.5. The van der Waals surface area contributed by atoms with E-state index in [4.69, 9.17) is 4.74 Å². The Balaban J connectivity index is 2.49. The van der Waals surface area contributed by atoms with E-state index in [1.165, 1.54) is 0 Å². The van der Waals surface area contributed by atoms with Gasteiger partial charge in [0.1, 0.15) is 0 Å². The lowest BCUT2D eigenvalue weighted by molar-refractivity contribution is -0.126. The van der Waals surface area contributed by atoms with Crippen LogP contribution in [0.25, 0.3) is 0 Å². The third-order valence-electron chi connectivity index (χ3n) is 2.21. The fourth-order valence-electron chi connectivity index (χ4n) is 1.63. The number of ether oxygens (including phenoxy) is 1. The van der Waals surface area contributed by atoms with Crippen molar-refractivity contribution in [3.8, 4) is 0 Å². The van der Waals surface area contributed by atoms with Crippen molar-refractivity contribution >= 4 is 0 Å². The predicted octanol–water partition coefficient (Wildman–Crippen LogP) is 1.18. The van der Waals surface area contributed by atoms with Gasteiger partial charge >= 0.3 is 0 Å². The smallest absolute Gasteiger partial charge is 0.0825 e. The van der Waals surface area contributed by atoms with Crippen LogP contribution >= 0.6 is 0 Å². The molecule has 0 saturated carbocycles. The minimum absolute atomic E-state index is 0.0127. The van der Waals surface area contributed by atoms with Gasteiger partial charge in [0.15, 0.2) is 0 Å². The Morgan fingerprint density at radius 1 is 1.30 bits per heavy atom. The molecule has 0 radical (unpaired) electrons. The van der Waals surface area contributed by atoms with E-state index in [2.05, 4.69) is 13.8 Å². The monoisotopic (exact) mass is 144 g/mol. The highest BCUT2D eigenvalue weighted by Gasteiger charge is 2.29. The van der Waals surface area contributed by atoms with E-state index in [-0.39, 0.29) is 12.2 Å². The van der Waals surface area contributed by atoms with Gasteiger partial charge in [-0.2, -0.15) is 0 Å². The molecule has 2 unspecified atom stereocenters. The third-order valence-corrected chi connectivity index (χ3v) is 2.21. The summed E-state index contributed by atoms with van der Waals surface area (Å²) in [5.41, 5.74) is 0. The number of hydrogen-bond donors (Lipinski definition) is 1. The summed E-state index contributed by atoms with van der Waals surface area (Å²) in [4.78, 5) is 0. The SMILES string of the molecule is CC1CC(C)[C@H](O)[C@@H](C)O1. The Morgan fingerprint density at radius 3 is 2.40 bits per heavy atom. The van der Waals surface area contributed by atoms with Crippen LogP contribution in [0.5, 0.6) is 0 Å². The van der Waals surface area contributed by atoms with E-state index >= 15 is 0 Å². The molecule has 0 aromatic heterocycles. The molecule has 1 N–H and O–H groups in total. The molecule has 0 spiro atoms. The van der Waals surface area contributed by atoms with Crippen LogP contribution in [0.3, 0.4) is 0 Å². The molecule has 1 fully saturated rings. The van der Waals surface area contributed by atoms with Crippen molar-refractivity contribution < 1.29 is 9.84 Å². The first-order valence-corrected chi connectivity index (χ1v) is 3.94. The molecular weight excluding hydrogens is 128 g/mol. The van der Waals surface area contributed by atoms with Crippen molar-refractivity contribution in [3.63, 3.8) is 0 Å². The van der Waals surface area contributed by atoms with E-state index in [1.807, 2.05) is 6.92 Å². The van der Waals surface area contributed by atoms with Crippen molar-refractivity contribution in [2.45, 2.75) is 45.5 Å². The van der Waals surface area contributed by atoms with Gasteiger partial charge in [0.05, 0.1) is 18.3 Å². The lowest BCUT2D eigenvalue weighted by Gasteiger charge is -2.34. The summed E-state index contributed by atoms with van der Waals surface area (Å²) < 4.78 is 5.42. The molecule has 10 heavy (non-hydrogen) atoms. The van der Waals surface area contributed by atoms with Crippen molar-refractivity contribution in [1.82, 2.24) is 0 Å². The maximum absolute atomic E-state index is 9.44. The zero-order valence-corrected chi connectivity index (χ0v) is 6.87. The van der Waals surface area contributed by atoms with Crippen LogP contribution in [0.4, 0.5) is 0 Å². The van der Waals surface area contributed by atoms with E-state index < -0.39 is 0 Å². The molecular formula is C8H16O2. The quantitative estimate of drug-likeness (QED) is 0.553. The van der Waals surface area contributed by atoms with E-state index in [0.29, 0.717) is 12.0 Å². The van der Waals surface area contributed by atoms with Crippen LogP contribution in [0.2, 0.25) is 0 Å². The molecule has 1 rings (SSSR count). The van der Waals surface area contributed by atoms with Crippen LogP contribution in [0.15, 0.2) is 0 Å². The molecule has 1 aliphatic rings. The van der Waals surface area contributed by atoms with Gasteiger partial charge in [-0.1, -0.05) is 6.92 Å². The topological polar surface area (TPSA) is 29.5 Å². The Kier molecular flexibility index (Phi) is 2.32. The highest BCUT2D eigenvalue weighted by Crippen LogP contribution is 2.24. The Labute approximate surface area is 62.2 Å². The first-order valence-electron chi connectivity index (χ1n) is 3.94. The summed E-state index contributed by atoms with van der Waals surface area (Å²) in [6, 6.07) is 0. The summed E-state index contributed by atoms with van der Waals surface area (Å²) in [6.07, 6.45) is 1.04. The van der Waals surface area contributed by atoms with E-state index in [0.717, 1.165) is 6.42 Å². The zero-order valence-electron chi connectivity index (χ0n) is 6.87. The molecule has 60 valence electrons. The molecule has 4 atom stereocenters. The minimum atomic E-state index is -0.267. The highest BCUT2D eigenvalue weighted by molar-refractivity contribution is 4.78. The van der Waals surface area contributed by atoms with Gasteiger partial charge in [-0.25, -0.2) is 0 Å². The Hall–Kier alpha value is -0.0800. The molecule has 1 aliphatic heterocycles. The van der Waals surface area contributed by atoms with Crippen LogP contribution < -0.4 is 0 Å². The molecule has 2 heteroatoms. The van der Waals surface area contributed by atoms with E-state index in [9.17, 15) is 5.11 Å². The van der Waals surface area contributed by atoms with Crippen molar-refractivity contribution in [3.05, 3.63) is 0 Å². The van der Waals surface area contributed by atoms with Gasteiger partial charge in [-0.3, -0.25) is 0 Å². The van der Waals surface area contributed by atoms with Crippen molar-refractivity contribution in [2.75, 3.05) is 0 Å². The second-order valence-electron chi connectivity index (χ2n) is 3.36.